The Labute approximate surface area is 78.6 Å². The number of hydrogen-bond acceptors (Lipinski definition) is 3. The van der Waals surface area contributed by atoms with Gasteiger partial charge in [0.25, 0.3) is 0 Å². The predicted molar refractivity (Wildman–Crippen MR) is 51.2 cm³/mol. The van der Waals surface area contributed by atoms with Gasteiger partial charge in [0, 0.05) is 26.3 Å². The van der Waals surface area contributed by atoms with Crippen LogP contribution in [0.15, 0.2) is 12.3 Å². The highest BCUT2D eigenvalue weighted by atomic mass is 16.3. The van der Waals surface area contributed by atoms with Gasteiger partial charge in [-0.05, 0) is 19.9 Å². The molecule has 0 spiro atoms. The zero-order valence-electron chi connectivity index (χ0n) is 8.41. The summed E-state index contributed by atoms with van der Waals surface area (Å²) in [6.45, 7) is 4.82. The molecular formula is C9H17N3O. The molecule has 0 saturated carbocycles. The van der Waals surface area contributed by atoms with Gasteiger partial charge in [-0.3, -0.25) is 4.68 Å². The molecule has 4 nitrogen and oxygen atoms in total. The first-order valence-electron chi connectivity index (χ1n) is 4.39. The minimum Gasteiger partial charge on any atom is -0.389 e. The monoisotopic (exact) mass is 183 g/mol. The van der Waals surface area contributed by atoms with E-state index in [1.807, 2.05) is 19.3 Å². The zero-order chi connectivity index (χ0) is 9.90. The van der Waals surface area contributed by atoms with Gasteiger partial charge in [-0.25, -0.2) is 0 Å². The van der Waals surface area contributed by atoms with Gasteiger partial charge in [-0.1, -0.05) is 0 Å². The van der Waals surface area contributed by atoms with Crippen LogP contribution < -0.4 is 5.32 Å². The Morgan fingerprint density at radius 1 is 1.62 bits per heavy atom. The molecule has 1 aromatic heterocycles. The summed E-state index contributed by atoms with van der Waals surface area (Å²) in [5, 5.41) is 16.7. The fourth-order valence-corrected chi connectivity index (χ4v) is 1.05. The van der Waals surface area contributed by atoms with E-state index < -0.39 is 5.60 Å². The highest BCUT2D eigenvalue weighted by Crippen LogP contribution is 1.99. The molecule has 2 N–H and O–H groups in total. The number of rotatable bonds is 4. The van der Waals surface area contributed by atoms with Crippen LogP contribution >= 0.6 is 0 Å². The number of aliphatic hydroxyl groups is 1. The van der Waals surface area contributed by atoms with Crippen LogP contribution in [0.25, 0.3) is 0 Å². The smallest absolute Gasteiger partial charge is 0.0762 e. The molecule has 74 valence electrons. The zero-order valence-corrected chi connectivity index (χ0v) is 8.41. The van der Waals surface area contributed by atoms with Crippen molar-refractivity contribution in [1.82, 2.24) is 15.1 Å². The van der Waals surface area contributed by atoms with Gasteiger partial charge in [0.05, 0.1) is 11.3 Å². The largest absolute Gasteiger partial charge is 0.389 e. The minimum atomic E-state index is -0.658. The van der Waals surface area contributed by atoms with Crippen molar-refractivity contribution in [3.05, 3.63) is 18.0 Å². The highest BCUT2D eigenvalue weighted by Gasteiger charge is 2.11. The Hall–Kier alpha value is -0.870. The van der Waals surface area contributed by atoms with Gasteiger partial charge >= 0.3 is 0 Å². The van der Waals surface area contributed by atoms with E-state index in [0.717, 1.165) is 5.69 Å². The van der Waals surface area contributed by atoms with Crippen molar-refractivity contribution >= 4 is 0 Å². The summed E-state index contributed by atoms with van der Waals surface area (Å²) in [6.07, 6.45) is 1.90. The summed E-state index contributed by atoms with van der Waals surface area (Å²) in [6, 6.07) is 1.96. The van der Waals surface area contributed by atoms with Crippen molar-refractivity contribution in [3.8, 4) is 0 Å². The van der Waals surface area contributed by atoms with Crippen LogP contribution in [0.5, 0.6) is 0 Å². The number of nitrogens with zero attached hydrogens (tertiary/aromatic N) is 2. The Morgan fingerprint density at radius 2 is 2.31 bits per heavy atom. The molecule has 0 aliphatic rings. The van der Waals surface area contributed by atoms with Crippen LogP contribution in [0.2, 0.25) is 0 Å². The number of aryl methyl sites for hydroxylation is 1. The average molecular weight is 183 g/mol. The Morgan fingerprint density at radius 3 is 2.77 bits per heavy atom. The summed E-state index contributed by atoms with van der Waals surface area (Å²) in [5.74, 6) is 0. The van der Waals surface area contributed by atoms with E-state index in [0.29, 0.717) is 13.1 Å². The van der Waals surface area contributed by atoms with Crippen molar-refractivity contribution in [2.24, 2.45) is 7.05 Å². The van der Waals surface area contributed by atoms with E-state index in [9.17, 15) is 5.11 Å². The number of nitrogens with one attached hydrogen (secondary N) is 1. The summed E-state index contributed by atoms with van der Waals surface area (Å²) in [5.41, 5.74) is 0.334. The molecule has 0 aromatic carbocycles. The van der Waals surface area contributed by atoms with Crippen LogP contribution in [-0.2, 0) is 13.6 Å². The van der Waals surface area contributed by atoms with Gasteiger partial charge < -0.3 is 10.4 Å². The molecule has 0 amide bonds. The summed E-state index contributed by atoms with van der Waals surface area (Å²) >= 11 is 0. The van der Waals surface area contributed by atoms with E-state index in [1.54, 1.807) is 18.5 Å². The molecule has 0 aliphatic carbocycles. The van der Waals surface area contributed by atoms with Gasteiger partial charge in [0.15, 0.2) is 0 Å². The first kappa shape index (κ1) is 10.2. The van der Waals surface area contributed by atoms with Crippen LogP contribution in [0.3, 0.4) is 0 Å². The molecule has 0 saturated heterocycles. The van der Waals surface area contributed by atoms with Crippen molar-refractivity contribution in [1.29, 1.82) is 0 Å². The third-order valence-corrected chi connectivity index (χ3v) is 1.63. The molecule has 0 bridgehead atoms. The molecule has 0 aliphatic heterocycles. The molecule has 1 aromatic rings. The van der Waals surface area contributed by atoms with Crippen LogP contribution in [0, 0.1) is 0 Å². The maximum absolute atomic E-state index is 9.41. The van der Waals surface area contributed by atoms with Crippen molar-refractivity contribution in [3.63, 3.8) is 0 Å². The highest BCUT2D eigenvalue weighted by molar-refractivity contribution is 4.98. The minimum absolute atomic E-state index is 0.573. The first-order valence-corrected chi connectivity index (χ1v) is 4.39. The van der Waals surface area contributed by atoms with Gasteiger partial charge in [-0.2, -0.15) is 5.10 Å². The maximum Gasteiger partial charge on any atom is 0.0762 e. The molecule has 0 unspecified atom stereocenters. The SMILES string of the molecule is Cn1ccc(CNCC(C)(C)O)n1. The molecule has 0 fully saturated rings. The second-order valence-corrected chi connectivity index (χ2v) is 3.90. The molecule has 1 heterocycles. The van der Waals surface area contributed by atoms with Gasteiger partial charge in [-0.15, -0.1) is 0 Å². The molecular weight excluding hydrogens is 166 g/mol. The summed E-state index contributed by atoms with van der Waals surface area (Å²) in [4.78, 5) is 0. The molecule has 1 rings (SSSR count). The second-order valence-electron chi connectivity index (χ2n) is 3.90. The second kappa shape index (κ2) is 3.89. The predicted octanol–water partition coefficient (Wildman–Crippen LogP) is 0.281. The van der Waals surface area contributed by atoms with Crippen LogP contribution in [0.4, 0.5) is 0 Å². The Bertz CT molecular complexity index is 262. The van der Waals surface area contributed by atoms with Crippen molar-refractivity contribution in [2.75, 3.05) is 6.54 Å². The number of hydrogen-bond donors (Lipinski definition) is 2. The Balaban J connectivity index is 2.28. The van der Waals surface area contributed by atoms with Crippen molar-refractivity contribution in [2.45, 2.75) is 26.0 Å². The fraction of sp³-hybridized carbons (Fsp3) is 0.667. The Kier molecular flexibility index (Phi) is 3.06. The van der Waals surface area contributed by atoms with Crippen LogP contribution in [-0.4, -0.2) is 27.0 Å². The lowest BCUT2D eigenvalue weighted by molar-refractivity contribution is 0.0794. The quantitative estimate of drug-likeness (QED) is 0.705. The van der Waals surface area contributed by atoms with Gasteiger partial charge in [0.1, 0.15) is 0 Å². The third-order valence-electron chi connectivity index (χ3n) is 1.63. The molecule has 0 atom stereocenters. The lowest BCUT2D eigenvalue weighted by atomic mass is 10.1. The van der Waals surface area contributed by atoms with E-state index in [2.05, 4.69) is 10.4 Å². The first-order chi connectivity index (χ1) is 5.97. The van der Waals surface area contributed by atoms with Gasteiger partial charge in [0.2, 0.25) is 0 Å². The van der Waals surface area contributed by atoms with E-state index in [4.69, 9.17) is 0 Å². The van der Waals surface area contributed by atoms with E-state index in [1.165, 1.54) is 0 Å². The standard InChI is InChI=1S/C9H17N3O/c1-9(2,13)7-10-6-8-4-5-12(3)11-8/h4-5,10,13H,6-7H2,1-3H3. The van der Waals surface area contributed by atoms with Crippen molar-refractivity contribution < 1.29 is 5.11 Å². The lowest BCUT2D eigenvalue weighted by Crippen LogP contribution is -2.34. The van der Waals surface area contributed by atoms with E-state index >= 15 is 0 Å². The maximum atomic E-state index is 9.41. The third kappa shape index (κ3) is 4.05. The lowest BCUT2D eigenvalue weighted by Gasteiger charge is -2.16. The normalized spacial score (nSPS) is 12.0. The molecule has 4 heteroatoms. The average Bonchev–Trinajstić information content (AvgIpc) is 2.33. The number of aromatic nitrogens is 2. The summed E-state index contributed by atoms with van der Waals surface area (Å²) in [7, 11) is 1.89. The van der Waals surface area contributed by atoms with Crippen LogP contribution in [0.1, 0.15) is 19.5 Å². The fourth-order valence-electron chi connectivity index (χ4n) is 1.05. The topological polar surface area (TPSA) is 50.1 Å². The van der Waals surface area contributed by atoms with E-state index in [-0.39, 0.29) is 0 Å². The molecule has 0 radical (unpaired) electrons. The molecule has 13 heavy (non-hydrogen) atoms. The summed E-state index contributed by atoms with van der Waals surface area (Å²) < 4.78 is 1.76.